The Morgan fingerprint density at radius 3 is 2.52 bits per heavy atom. The number of nitrogens with zero attached hydrogens (tertiary/aromatic N) is 1. The van der Waals surface area contributed by atoms with Crippen LogP contribution in [0.3, 0.4) is 0 Å². The number of nitrogens with one attached hydrogen (secondary N) is 1. The van der Waals surface area contributed by atoms with Crippen LogP contribution in [0.2, 0.25) is 0 Å². The molecule has 4 nitrogen and oxygen atoms in total. The second-order valence-corrected chi connectivity index (χ2v) is 7.90. The van der Waals surface area contributed by atoms with Crippen molar-refractivity contribution in [2.75, 3.05) is 13.2 Å². The number of amides is 1. The molecule has 2 aromatic carbocycles. The molecular weight excluding hydrogens is 398 g/mol. The minimum atomic E-state index is -0.877. The number of benzene rings is 2. The van der Waals surface area contributed by atoms with E-state index in [-0.39, 0.29) is 5.91 Å². The molecule has 1 aromatic heterocycles. The zero-order valence-electron chi connectivity index (χ0n) is 17.1. The largest absolute Gasteiger partial charge is 0.381 e. The zero-order chi connectivity index (χ0) is 21.7. The predicted octanol–water partition coefficient (Wildman–Crippen LogP) is 4.68. The molecule has 1 amide bonds. The first-order valence-electron chi connectivity index (χ1n) is 10.4. The lowest BCUT2D eigenvalue weighted by molar-refractivity contribution is -0.136. The number of hydrogen-bond donors (Lipinski definition) is 1. The van der Waals surface area contributed by atoms with Gasteiger partial charge in [-0.25, -0.2) is 8.78 Å². The zero-order valence-corrected chi connectivity index (χ0v) is 17.1. The Hall–Kier alpha value is -3.12. The second kappa shape index (κ2) is 9.35. The van der Waals surface area contributed by atoms with E-state index in [9.17, 15) is 13.6 Å². The molecule has 2 heterocycles. The Labute approximate surface area is 180 Å². The number of ether oxygens (including phenoxy) is 1. The van der Waals surface area contributed by atoms with Crippen LogP contribution in [0.5, 0.6) is 0 Å². The van der Waals surface area contributed by atoms with E-state index in [1.165, 1.54) is 6.07 Å². The summed E-state index contributed by atoms with van der Waals surface area (Å²) >= 11 is 0. The van der Waals surface area contributed by atoms with Crippen LogP contribution in [0.1, 0.15) is 24.1 Å². The Morgan fingerprint density at radius 1 is 0.968 bits per heavy atom. The third-order valence-electron chi connectivity index (χ3n) is 5.81. The molecule has 160 valence electrons. The monoisotopic (exact) mass is 422 g/mol. The molecule has 1 aliphatic heterocycles. The maximum atomic E-state index is 13.7. The Balaban J connectivity index is 1.55. The quantitative estimate of drug-likeness (QED) is 0.627. The Morgan fingerprint density at radius 2 is 1.77 bits per heavy atom. The standard InChI is InChI=1S/C25H24F2N2O2/c26-22-8-7-20(15-23(22)27)19-5-3-4-18(14-19)16-25(9-12-31-13-10-25)24(30)29-17-21-6-1-2-11-28-21/h1-8,11,14-15H,9-10,12-13,16-17H2,(H,29,30). The summed E-state index contributed by atoms with van der Waals surface area (Å²) in [6, 6.07) is 17.1. The summed E-state index contributed by atoms with van der Waals surface area (Å²) < 4.78 is 32.5. The molecular formula is C25H24F2N2O2. The molecule has 0 saturated carbocycles. The molecule has 0 unspecified atom stereocenters. The van der Waals surface area contributed by atoms with Crippen molar-refractivity contribution in [3.05, 3.63) is 89.8 Å². The van der Waals surface area contributed by atoms with Crippen molar-refractivity contribution in [2.45, 2.75) is 25.8 Å². The van der Waals surface area contributed by atoms with Crippen LogP contribution in [0.25, 0.3) is 11.1 Å². The number of halogens is 2. The Kier molecular flexibility index (Phi) is 6.37. The van der Waals surface area contributed by atoms with Crippen LogP contribution in [0.4, 0.5) is 8.78 Å². The normalized spacial score (nSPS) is 15.4. The van der Waals surface area contributed by atoms with E-state index in [0.29, 0.717) is 44.6 Å². The fraction of sp³-hybridized carbons (Fsp3) is 0.280. The summed E-state index contributed by atoms with van der Waals surface area (Å²) in [5, 5.41) is 3.04. The van der Waals surface area contributed by atoms with Gasteiger partial charge in [0.15, 0.2) is 11.6 Å². The number of pyridine rings is 1. The molecule has 1 N–H and O–H groups in total. The SMILES string of the molecule is O=C(NCc1ccccn1)C1(Cc2cccc(-c3ccc(F)c(F)c3)c2)CCOCC1. The lowest BCUT2D eigenvalue weighted by Crippen LogP contribution is -2.46. The second-order valence-electron chi connectivity index (χ2n) is 7.90. The number of hydrogen-bond acceptors (Lipinski definition) is 3. The number of carbonyl (C=O) groups is 1. The van der Waals surface area contributed by atoms with Crippen LogP contribution < -0.4 is 5.32 Å². The number of aromatic nitrogens is 1. The first-order valence-corrected chi connectivity index (χ1v) is 10.4. The van der Waals surface area contributed by atoms with Gasteiger partial charge in [-0.1, -0.05) is 36.4 Å². The van der Waals surface area contributed by atoms with Crippen LogP contribution in [0, 0.1) is 17.0 Å². The smallest absolute Gasteiger partial charge is 0.227 e. The van der Waals surface area contributed by atoms with Gasteiger partial charge in [-0.3, -0.25) is 9.78 Å². The topological polar surface area (TPSA) is 51.2 Å². The van der Waals surface area contributed by atoms with Gasteiger partial charge in [0.1, 0.15) is 0 Å². The molecule has 0 radical (unpaired) electrons. The van der Waals surface area contributed by atoms with E-state index in [2.05, 4.69) is 10.3 Å². The first kappa shape index (κ1) is 21.1. The van der Waals surface area contributed by atoms with Crippen LogP contribution >= 0.6 is 0 Å². The van der Waals surface area contributed by atoms with Gasteiger partial charge in [0.05, 0.1) is 17.7 Å². The summed E-state index contributed by atoms with van der Waals surface area (Å²) in [6.45, 7) is 1.43. The van der Waals surface area contributed by atoms with Gasteiger partial charge >= 0.3 is 0 Å². The highest BCUT2D eigenvalue weighted by molar-refractivity contribution is 5.83. The summed E-state index contributed by atoms with van der Waals surface area (Å²) in [5.41, 5.74) is 2.57. The highest BCUT2D eigenvalue weighted by Crippen LogP contribution is 2.36. The number of carbonyl (C=O) groups excluding carboxylic acids is 1. The molecule has 6 heteroatoms. The van der Waals surface area contributed by atoms with Gasteiger partial charge < -0.3 is 10.1 Å². The molecule has 31 heavy (non-hydrogen) atoms. The van der Waals surface area contributed by atoms with Crippen molar-refractivity contribution in [2.24, 2.45) is 5.41 Å². The van der Waals surface area contributed by atoms with Crippen LogP contribution in [-0.2, 0) is 22.5 Å². The third-order valence-corrected chi connectivity index (χ3v) is 5.81. The molecule has 4 rings (SSSR count). The van der Waals surface area contributed by atoms with E-state index in [1.54, 1.807) is 12.3 Å². The average molecular weight is 422 g/mol. The van der Waals surface area contributed by atoms with Gasteiger partial charge in [0.2, 0.25) is 5.91 Å². The fourth-order valence-corrected chi connectivity index (χ4v) is 4.03. The maximum Gasteiger partial charge on any atom is 0.227 e. The highest BCUT2D eigenvalue weighted by Gasteiger charge is 2.40. The van der Waals surface area contributed by atoms with E-state index in [1.807, 2.05) is 42.5 Å². The molecule has 3 aromatic rings. The minimum absolute atomic E-state index is 0.0142. The number of rotatable bonds is 6. The van der Waals surface area contributed by atoms with Gasteiger partial charge in [-0.15, -0.1) is 0 Å². The van der Waals surface area contributed by atoms with Crippen molar-refractivity contribution in [1.82, 2.24) is 10.3 Å². The predicted molar refractivity (Wildman–Crippen MR) is 114 cm³/mol. The van der Waals surface area contributed by atoms with Gasteiger partial charge in [0.25, 0.3) is 0 Å². The summed E-state index contributed by atoms with van der Waals surface area (Å²) in [6.07, 6.45) is 3.49. The lowest BCUT2D eigenvalue weighted by atomic mass is 9.74. The molecule has 0 spiro atoms. The fourth-order valence-electron chi connectivity index (χ4n) is 4.03. The van der Waals surface area contributed by atoms with E-state index >= 15 is 0 Å². The third kappa shape index (κ3) is 4.97. The summed E-state index contributed by atoms with van der Waals surface area (Å²) in [4.78, 5) is 17.5. The minimum Gasteiger partial charge on any atom is -0.381 e. The first-order chi connectivity index (χ1) is 15.1. The highest BCUT2D eigenvalue weighted by atomic mass is 19.2. The van der Waals surface area contributed by atoms with Crippen molar-refractivity contribution in [3.8, 4) is 11.1 Å². The van der Waals surface area contributed by atoms with E-state index < -0.39 is 17.0 Å². The van der Waals surface area contributed by atoms with Crippen LogP contribution in [0.15, 0.2) is 66.9 Å². The van der Waals surface area contributed by atoms with Crippen LogP contribution in [-0.4, -0.2) is 24.1 Å². The molecule has 0 bridgehead atoms. The maximum absolute atomic E-state index is 13.7. The molecule has 0 aliphatic carbocycles. The van der Waals surface area contributed by atoms with Gasteiger partial charge in [-0.05, 0) is 60.2 Å². The molecule has 0 atom stereocenters. The lowest BCUT2D eigenvalue weighted by Gasteiger charge is -2.36. The molecule has 1 aliphatic rings. The van der Waals surface area contributed by atoms with Crippen molar-refractivity contribution >= 4 is 5.91 Å². The Bertz CT molecular complexity index is 1050. The van der Waals surface area contributed by atoms with E-state index in [0.717, 1.165) is 22.9 Å². The molecule has 1 fully saturated rings. The molecule has 1 saturated heterocycles. The van der Waals surface area contributed by atoms with Crippen molar-refractivity contribution in [3.63, 3.8) is 0 Å². The van der Waals surface area contributed by atoms with Gasteiger partial charge in [-0.2, -0.15) is 0 Å². The van der Waals surface area contributed by atoms with Crippen molar-refractivity contribution < 1.29 is 18.3 Å². The summed E-state index contributed by atoms with van der Waals surface area (Å²) in [7, 11) is 0. The van der Waals surface area contributed by atoms with Gasteiger partial charge in [0, 0.05) is 19.4 Å². The summed E-state index contributed by atoms with van der Waals surface area (Å²) in [5.74, 6) is -1.76. The average Bonchev–Trinajstić information content (AvgIpc) is 2.80. The van der Waals surface area contributed by atoms with Crippen molar-refractivity contribution in [1.29, 1.82) is 0 Å². The van der Waals surface area contributed by atoms with E-state index in [4.69, 9.17) is 4.74 Å².